The maximum absolute atomic E-state index is 12.4. The molecule has 0 saturated heterocycles. The summed E-state index contributed by atoms with van der Waals surface area (Å²) in [6, 6.07) is 5.56. The van der Waals surface area contributed by atoms with Crippen molar-refractivity contribution in [1.29, 1.82) is 0 Å². The summed E-state index contributed by atoms with van der Waals surface area (Å²) in [5.41, 5.74) is 0. The highest BCUT2D eigenvalue weighted by molar-refractivity contribution is 7.85. The predicted molar refractivity (Wildman–Crippen MR) is 73.4 cm³/mol. The molecule has 1 fully saturated rings. The van der Waals surface area contributed by atoms with Gasteiger partial charge in [-0.05, 0) is 38.1 Å². The van der Waals surface area contributed by atoms with Crippen LogP contribution in [0, 0.1) is 0 Å². The summed E-state index contributed by atoms with van der Waals surface area (Å²) in [4.78, 5) is 0.770. The summed E-state index contributed by atoms with van der Waals surface area (Å²) in [5.74, 6) is 0. The highest BCUT2D eigenvalue weighted by atomic mass is 35.5. The molecule has 2 nitrogen and oxygen atoms in total. The van der Waals surface area contributed by atoms with Gasteiger partial charge in [-0.15, -0.1) is 0 Å². The van der Waals surface area contributed by atoms with Crippen LogP contribution < -0.4 is 5.32 Å². The van der Waals surface area contributed by atoms with Crippen molar-refractivity contribution in [1.82, 2.24) is 5.32 Å². The number of benzene rings is 1. The molecule has 1 saturated carbocycles. The molecule has 17 heavy (non-hydrogen) atoms. The van der Waals surface area contributed by atoms with Crippen LogP contribution in [0.1, 0.15) is 19.3 Å². The first-order valence-corrected chi connectivity index (χ1v) is 7.63. The van der Waals surface area contributed by atoms with E-state index in [-0.39, 0.29) is 5.25 Å². The summed E-state index contributed by atoms with van der Waals surface area (Å²) >= 11 is 11.8. The molecule has 1 aliphatic carbocycles. The zero-order chi connectivity index (χ0) is 12.4. The zero-order valence-corrected chi connectivity index (χ0v) is 11.9. The molecule has 94 valence electrons. The van der Waals surface area contributed by atoms with E-state index in [0.29, 0.717) is 16.1 Å². The third-order valence-corrected chi connectivity index (χ3v) is 5.79. The molecule has 1 aromatic carbocycles. The Hall–Kier alpha value is -0.0900. The number of rotatable bonds is 3. The Labute approximate surface area is 114 Å². The van der Waals surface area contributed by atoms with Crippen LogP contribution in [0.3, 0.4) is 0 Å². The number of nitrogens with one attached hydrogen (secondary N) is 1. The van der Waals surface area contributed by atoms with Gasteiger partial charge in [-0.3, -0.25) is 4.21 Å². The van der Waals surface area contributed by atoms with Crippen molar-refractivity contribution >= 4 is 34.0 Å². The highest BCUT2D eigenvalue weighted by Crippen LogP contribution is 2.30. The van der Waals surface area contributed by atoms with Gasteiger partial charge in [-0.25, -0.2) is 0 Å². The van der Waals surface area contributed by atoms with Gasteiger partial charge < -0.3 is 5.32 Å². The van der Waals surface area contributed by atoms with E-state index in [1.54, 1.807) is 18.2 Å². The van der Waals surface area contributed by atoms with Crippen molar-refractivity contribution in [3.8, 4) is 0 Å². The van der Waals surface area contributed by atoms with Crippen molar-refractivity contribution in [3.05, 3.63) is 28.2 Å². The van der Waals surface area contributed by atoms with E-state index in [2.05, 4.69) is 5.32 Å². The first kappa shape index (κ1) is 13.3. The van der Waals surface area contributed by atoms with E-state index >= 15 is 0 Å². The second-order valence-corrected chi connectivity index (χ2v) is 6.72. The van der Waals surface area contributed by atoms with E-state index in [1.807, 2.05) is 7.05 Å². The summed E-state index contributed by atoms with van der Waals surface area (Å²) in [6.45, 7) is 0. The summed E-state index contributed by atoms with van der Waals surface area (Å²) in [6.07, 6.45) is 3.22. The fourth-order valence-electron chi connectivity index (χ4n) is 2.29. The SMILES string of the molecule is CNC1CCCC1S(=O)c1ccc(Cl)c(Cl)c1. The van der Waals surface area contributed by atoms with Crippen molar-refractivity contribution in [2.45, 2.75) is 35.4 Å². The van der Waals surface area contributed by atoms with Crippen LogP contribution in [0.25, 0.3) is 0 Å². The van der Waals surface area contributed by atoms with Gasteiger partial charge in [-0.1, -0.05) is 29.6 Å². The Morgan fingerprint density at radius 2 is 2.06 bits per heavy atom. The molecule has 0 aliphatic heterocycles. The minimum atomic E-state index is -1.01. The molecule has 3 atom stereocenters. The molecule has 0 aromatic heterocycles. The Balaban J connectivity index is 2.21. The quantitative estimate of drug-likeness (QED) is 0.926. The van der Waals surface area contributed by atoms with Gasteiger partial charge in [-0.2, -0.15) is 0 Å². The molecule has 1 aliphatic rings. The van der Waals surface area contributed by atoms with E-state index < -0.39 is 10.8 Å². The van der Waals surface area contributed by atoms with E-state index in [4.69, 9.17) is 23.2 Å². The van der Waals surface area contributed by atoms with Crippen LogP contribution in [-0.2, 0) is 10.8 Å². The molecule has 5 heteroatoms. The number of hydrogen-bond donors (Lipinski definition) is 1. The minimum Gasteiger partial charge on any atom is -0.316 e. The second-order valence-electron chi connectivity index (χ2n) is 4.24. The zero-order valence-electron chi connectivity index (χ0n) is 9.58. The van der Waals surface area contributed by atoms with E-state index in [0.717, 1.165) is 24.2 Å². The highest BCUT2D eigenvalue weighted by Gasteiger charge is 2.31. The molecule has 0 heterocycles. The molecule has 0 amide bonds. The maximum atomic E-state index is 12.4. The number of hydrogen-bond acceptors (Lipinski definition) is 2. The van der Waals surface area contributed by atoms with E-state index in [9.17, 15) is 4.21 Å². The molecule has 1 aromatic rings. The number of halogens is 2. The molecule has 3 unspecified atom stereocenters. The summed E-state index contributed by atoms with van der Waals surface area (Å²) in [7, 11) is 0.913. The van der Waals surface area contributed by atoms with Gasteiger partial charge in [0.25, 0.3) is 0 Å². The fourth-order valence-corrected chi connectivity index (χ4v) is 4.39. The Morgan fingerprint density at radius 3 is 2.71 bits per heavy atom. The molecule has 1 N–H and O–H groups in total. The van der Waals surface area contributed by atoms with E-state index in [1.165, 1.54) is 0 Å². The third kappa shape index (κ3) is 2.84. The van der Waals surface area contributed by atoms with Gasteiger partial charge in [0.1, 0.15) is 0 Å². The van der Waals surface area contributed by atoms with Crippen LogP contribution in [0.5, 0.6) is 0 Å². The molecule has 0 bridgehead atoms. The molecule has 0 spiro atoms. The van der Waals surface area contributed by atoms with Gasteiger partial charge in [0.2, 0.25) is 0 Å². The predicted octanol–water partition coefficient (Wildman–Crippen LogP) is 3.24. The van der Waals surface area contributed by atoms with Crippen molar-refractivity contribution in [3.63, 3.8) is 0 Å². The molecular weight excluding hydrogens is 277 g/mol. The lowest BCUT2D eigenvalue weighted by atomic mass is 10.2. The van der Waals surface area contributed by atoms with Gasteiger partial charge in [0.15, 0.2) is 0 Å². The normalized spacial score (nSPS) is 26.1. The van der Waals surface area contributed by atoms with Gasteiger partial charge >= 0.3 is 0 Å². The lowest BCUT2D eigenvalue weighted by Crippen LogP contribution is -2.35. The van der Waals surface area contributed by atoms with Crippen LogP contribution in [0.15, 0.2) is 23.1 Å². The first-order valence-electron chi connectivity index (χ1n) is 5.66. The summed E-state index contributed by atoms with van der Waals surface area (Å²) < 4.78 is 12.4. The Bertz CT molecular complexity index is 439. The first-order chi connectivity index (χ1) is 8.13. The van der Waals surface area contributed by atoms with Gasteiger partial charge in [0, 0.05) is 10.9 Å². The third-order valence-electron chi connectivity index (χ3n) is 3.22. The second kappa shape index (κ2) is 5.70. The lowest BCUT2D eigenvalue weighted by Gasteiger charge is -2.18. The average Bonchev–Trinajstić information content (AvgIpc) is 2.80. The van der Waals surface area contributed by atoms with Crippen molar-refractivity contribution in [2.75, 3.05) is 7.05 Å². The van der Waals surface area contributed by atoms with Crippen molar-refractivity contribution in [2.24, 2.45) is 0 Å². The Kier molecular flexibility index (Phi) is 4.47. The largest absolute Gasteiger partial charge is 0.316 e. The minimum absolute atomic E-state index is 0.178. The fraction of sp³-hybridized carbons (Fsp3) is 0.500. The lowest BCUT2D eigenvalue weighted by molar-refractivity contribution is 0.576. The molecule has 2 rings (SSSR count). The van der Waals surface area contributed by atoms with Crippen molar-refractivity contribution < 1.29 is 4.21 Å². The standard InChI is InChI=1S/C12H15Cl2NOS/c1-15-11-3-2-4-12(11)17(16)8-5-6-9(13)10(14)7-8/h5-7,11-12,15H,2-4H2,1H3. The van der Waals surface area contributed by atoms with Crippen LogP contribution in [0.4, 0.5) is 0 Å². The summed E-state index contributed by atoms with van der Waals surface area (Å²) in [5, 5.41) is 4.39. The molecule has 0 radical (unpaired) electrons. The van der Waals surface area contributed by atoms with Crippen LogP contribution in [0.2, 0.25) is 10.0 Å². The monoisotopic (exact) mass is 291 g/mol. The van der Waals surface area contributed by atoms with Crippen LogP contribution >= 0.6 is 23.2 Å². The maximum Gasteiger partial charge on any atom is 0.0604 e. The van der Waals surface area contributed by atoms with Gasteiger partial charge in [0.05, 0.1) is 26.1 Å². The average molecular weight is 292 g/mol. The Morgan fingerprint density at radius 1 is 1.29 bits per heavy atom. The molecular formula is C12H15Cl2NOS. The topological polar surface area (TPSA) is 29.1 Å². The van der Waals surface area contributed by atoms with Crippen LogP contribution in [-0.4, -0.2) is 22.5 Å². The smallest absolute Gasteiger partial charge is 0.0604 e.